The van der Waals surface area contributed by atoms with E-state index in [-0.39, 0.29) is 17.2 Å². The molecule has 3 aromatic rings. The normalized spacial score (nSPS) is 10.7. The predicted molar refractivity (Wildman–Crippen MR) is 89.6 cm³/mol. The van der Waals surface area contributed by atoms with Gasteiger partial charge in [-0.15, -0.1) is 0 Å². The number of hydrogen-bond acceptors (Lipinski definition) is 5. The highest BCUT2D eigenvalue weighted by molar-refractivity contribution is 6.33. The summed E-state index contributed by atoms with van der Waals surface area (Å²) in [5.41, 5.74) is -0.231. The summed E-state index contributed by atoms with van der Waals surface area (Å²) >= 11 is 5.84. The Morgan fingerprint density at radius 3 is 2.76 bits per heavy atom. The standard InChI is InChI=1S/C18H12ClFO5/c1-23-11-5-6-12-10(7-16(21)25-15(12)8-11)9-24-18(22)17-13(19)3-2-4-14(17)20/h2-8H,9H2,1H3. The van der Waals surface area contributed by atoms with Crippen LogP contribution in [0.15, 0.2) is 51.7 Å². The van der Waals surface area contributed by atoms with E-state index >= 15 is 0 Å². The molecule has 0 saturated heterocycles. The van der Waals surface area contributed by atoms with Gasteiger partial charge in [-0.3, -0.25) is 0 Å². The number of hydrogen-bond donors (Lipinski definition) is 0. The first-order chi connectivity index (χ1) is 12.0. The Bertz CT molecular complexity index is 992. The highest BCUT2D eigenvalue weighted by Gasteiger charge is 2.18. The Hall–Kier alpha value is -2.86. The molecule has 7 heteroatoms. The molecular weight excluding hydrogens is 351 g/mol. The molecule has 0 aliphatic carbocycles. The second kappa shape index (κ2) is 6.94. The van der Waals surface area contributed by atoms with Crippen LogP contribution in [-0.4, -0.2) is 13.1 Å². The summed E-state index contributed by atoms with van der Waals surface area (Å²) in [7, 11) is 1.49. The van der Waals surface area contributed by atoms with Crippen LogP contribution >= 0.6 is 11.6 Å². The lowest BCUT2D eigenvalue weighted by atomic mass is 10.1. The SMILES string of the molecule is COc1ccc2c(COC(=O)c3c(F)cccc3Cl)cc(=O)oc2c1. The molecule has 5 nitrogen and oxygen atoms in total. The summed E-state index contributed by atoms with van der Waals surface area (Å²) in [6.45, 7) is -0.238. The van der Waals surface area contributed by atoms with Crippen molar-refractivity contribution in [1.82, 2.24) is 0 Å². The fourth-order valence-electron chi connectivity index (χ4n) is 2.36. The Labute approximate surface area is 146 Å². The Morgan fingerprint density at radius 2 is 2.04 bits per heavy atom. The number of esters is 1. The number of carbonyl (C=O) groups is 1. The summed E-state index contributed by atoms with van der Waals surface area (Å²) in [5, 5.41) is 0.528. The van der Waals surface area contributed by atoms with Crippen LogP contribution in [0.2, 0.25) is 5.02 Å². The van der Waals surface area contributed by atoms with E-state index < -0.39 is 17.4 Å². The summed E-state index contributed by atoms with van der Waals surface area (Å²) in [5.74, 6) is -1.18. The Balaban J connectivity index is 1.91. The summed E-state index contributed by atoms with van der Waals surface area (Å²) in [6.07, 6.45) is 0. The van der Waals surface area contributed by atoms with Crippen LogP contribution in [0.3, 0.4) is 0 Å². The molecule has 0 bridgehead atoms. The molecule has 25 heavy (non-hydrogen) atoms. The fraction of sp³-hybridized carbons (Fsp3) is 0.111. The van der Waals surface area contributed by atoms with Gasteiger partial charge in [0, 0.05) is 23.1 Å². The number of carbonyl (C=O) groups excluding carboxylic acids is 1. The van der Waals surface area contributed by atoms with Crippen molar-refractivity contribution in [2.24, 2.45) is 0 Å². The van der Waals surface area contributed by atoms with Crippen LogP contribution in [0.25, 0.3) is 11.0 Å². The van der Waals surface area contributed by atoms with Crippen molar-refractivity contribution in [1.29, 1.82) is 0 Å². The van der Waals surface area contributed by atoms with Gasteiger partial charge in [0.15, 0.2) is 0 Å². The van der Waals surface area contributed by atoms with Gasteiger partial charge in [-0.05, 0) is 24.3 Å². The van der Waals surface area contributed by atoms with Crippen molar-refractivity contribution in [3.63, 3.8) is 0 Å². The van der Waals surface area contributed by atoms with E-state index in [1.165, 1.54) is 25.3 Å². The van der Waals surface area contributed by atoms with Crippen molar-refractivity contribution in [3.05, 3.63) is 74.9 Å². The molecule has 0 atom stereocenters. The highest BCUT2D eigenvalue weighted by Crippen LogP contribution is 2.24. The molecule has 0 unspecified atom stereocenters. The van der Waals surface area contributed by atoms with Crippen molar-refractivity contribution < 1.29 is 23.1 Å². The summed E-state index contributed by atoms with van der Waals surface area (Å²) in [4.78, 5) is 23.8. The molecule has 0 aliphatic rings. The second-order valence-electron chi connectivity index (χ2n) is 5.13. The van der Waals surface area contributed by atoms with E-state index in [9.17, 15) is 14.0 Å². The average Bonchev–Trinajstić information content (AvgIpc) is 2.58. The van der Waals surface area contributed by atoms with Crippen LogP contribution in [-0.2, 0) is 11.3 Å². The maximum atomic E-state index is 13.8. The maximum Gasteiger partial charge on any atom is 0.342 e. The molecule has 0 spiro atoms. The number of rotatable bonds is 4. The van der Waals surface area contributed by atoms with Crippen LogP contribution < -0.4 is 10.4 Å². The van der Waals surface area contributed by atoms with Crippen LogP contribution in [0.4, 0.5) is 4.39 Å². The van der Waals surface area contributed by atoms with Gasteiger partial charge in [0.2, 0.25) is 0 Å². The van der Waals surface area contributed by atoms with E-state index in [0.717, 1.165) is 6.07 Å². The van der Waals surface area contributed by atoms with Gasteiger partial charge in [0.1, 0.15) is 29.3 Å². The zero-order chi connectivity index (χ0) is 18.0. The predicted octanol–water partition coefficient (Wildman–Crippen LogP) is 3.95. The minimum Gasteiger partial charge on any atom is -0.497 e. The molecule has 0 N–H and O–H groups in total. The largest absolute Gasteiger partial charge is 0.497 e. The minimum absolute atomic E-state index is 0.0489. The van der Waals surface area contributed by atoms with Crippen LogP contribution in [0, 0.1) is 5.82 Å². The lowest BCUT2D eigenvalue weighted by Crippen LogP contribution is -2.10. The summed E-state index contributed by atoms with van der Waals surface area (Å²) in [6, 6.07) is 10.0. The van der Waals surface area contributed by atoms with Crippen molar-refractivity contribution in [3.8, 4) is 5.75 Å². The number of halogens is 2. The number of ether oxygens (including phenoxy) is 2. The molecular formula is C18H12ClFO5. The van der Waals surface area contributed by atoms with Crippen LogP contribution in [0.1, 0.15) is 15.9 Å². The molecule has 128 valence electrons. The van der Waals surface area contributed by atoms with Gasteiger partial charge in [-0.25, -0.2) is 14.0 Å². The highest BCUT2D eigenvalue weighted by atomic mass is 35.5. The molecule has 0 aliphatic heterocycles. The number of benzene rings is 2. The van der Waals surface area contributed by atoms with Crippen molar-refractivity contribution in [2.75, 3.05) is 7.11 Å². The third-order valence-electron chi connectivity index (χ3n) is 3.56. The van der Waals surface area contributed by atoms with Crippen molar-refractivity contribution >= 4 is 28.5 Å². The second-order valence-corrected chi connectivity index (χ2v) is 5.53. The Kier molecular flexibility index (Phi) is 4.72. The first kappa shape index (κ1) is 17.0. The minimum atomic E-state index is -0.919. The van der Waals surface area contributed by atoms with E-state index in [0.29, 0.717) is 22.3 Å². The molecule has 2 aromatic carbocycles. The third kappa shape index (κ3) is 3.49. The molecule has 0 radical (unpaired) electrons. The Morgan fingerprint density at radius 1 is 1.24 bits per heavy atom. The van der Waals surface area contributed by atoms with E-state index in [2.05, 4.69) is 0 Å². The molecule has 0 amide bonds. The molecule has 1 aromatic heterocycles. The number of fused-ring (bicyclic) bond motifs is 1. The maximum absolute atomic E-state index is 13.8. The van der Waals surface area contributed by atoms with Gasteiger partial charge >= 0.3 is 11.6 Å². The van der Waals surface area contributed by atoms with Gasteiger partial charge in [0.05, 0.1) is 12.1 Å². The molecule has 3 rings (SSSR count). The topological polar surface area (TPSA) is 65.7 Å². The smallest absolute Gasteiger partial charge is 0.342 e. The first-order valence-electron chi connectivity index (χ1n) is 7.21. The fourth-order valence-corrected chi connectivity index (χ4v) is 2.61. The molecule has 0 saturated carbocycles. The average molecular weight is 363 g/mol. The first-order valence-corrected chi connectivity index (χ1v) is 7.59. The van der Waals surface area contributed by atoms with E-state index in [1.807, 2.05) is 0 Å². The van der Waals surface area contributed by atoms with Gasteiger partial charge in [-0.1, -0.05) is 17.7 Å². The molecule has 0 fully saturated rings. The van der Waals surface area contributed by atoms with Crippen molar-refractivity contribution in [2.45, 2.75) is 6.61 Å². The lowest BCUT2D eigenvalue weighted by Gasteiger charge is -2.09. The van der Waals surface area contributed by atoms with E-state index in [4.69, 9.17) is 25.5 Å². The monoisotopic (exact) mass is 362 g/mol. The zero-order valence-electron chi connectivity index (χ0n) is 13.0. The summed E-state index contributed by atoms with van der Waals surface area (Å²) < 4.78 is 29.1. The van der Waals surface area contributed by atoms with Crippen LogP contribution in [0.5, 0.6) is 5.75 Å². The van der Waals surface area contributed by atoms with Gasteiger partial charge in [-0.2, -0.15) is 0 Å². The third-order valence-corrected chi connectivity index (χ3v) is 3.88. The van der Waals surface area contributed by atoms with E-state index in [1.54, 1.807) is 18.2 Å². The lowest BCUT2D eigenvalue weighted by molar-refractivity contribution is 0.0468. The quantitative estimate of drug-likeness (QED) is 0.519. The number of methoxy groups -OCH3 is 1. The molecule has 1 heterocycles. The van der Waals surface area contributed by atoms with Gasteiger partial charge < -0.3 is 13.9 Å². The van der Waals surface area contributed by atoms with Gasteiger partial charge in [0.25, 0.3) is 0 Å². The zero-order valence-corrected chi connectivity index (χ0v) is 13.8.